The number of aromatic nitrogens is 1. The van der Waals surface area contributed by atoms with Crippen LogP contribution in [0.15, 0.2) is 47.6 Å². The fourth-order valence-electron chi connectivity index (χ4n) is 1.56. The van der Waals surface area contributed by atoms with Crippen LogP contribution in [0.5, 0.6) is 0 Å². The van der Waals surface area contributed by atoms with Crippen molar-refractivity contribution in [3.05, 3.63) is 53.2 Å². The summed E-state index contributed by atoms with van der Waals surface area (Å²) in [4.78, 5) is 16.3. The van der Waals surface area contributed by atoms with Crippen LogP contribution in [0, 0.1) is 6.92 Å². The topological polar surface area (TPSA) is 42.0 Å². The number of thioether (sulfide) groups is 1. The molecule has 0 fully saturated rings. The second kappa shape index (κ2) is 6.77. The number of carbonyl (C=O) groups is 1. The van der Waals surface area contributed by atoms with Crippen molar-refractivity contribution in [3.8, 4) is 0 Å². The smallest absolute Gasteiger partial charge is 0.237 e. The molecule has 0 aliphatic carbocycles. The Morgan fingerprint density at radius 3 is 2.65 bits per heavy atom. The number of nitrogens with zero attached hydrogens (tertiary/aromatic N) is 1. The first-order chi connectivity index (χ1) is 9.56. The highest BCUT2D eigenvalue weighted by Gasteiger charge is 2.16. The van der Waals surface area contributed by atoms with Crippen LogP contribution in [0.1, 0.15) is 12.5 Å². The summed E-state index contributed by atoms with van der Waals surface area (Å²) in [5, 5.41) is 3.83. The van der Waals surface area contributed by atoms with Crippen molar-refractivity contribution < 1.29 is 4.79 Å². The number of benzene rings is 1. The number of halogens is 1. The van der Waals surface area contributed by atoms with Gasteiger partial charge < -0.3 is 5.32 Å². The normalized spacial score (nSPS) is 11.9. The molecule has 1 amide bonds. The van der Waals surface area contributed by atoms with Gasteiger partial charge in [-0.15, -0.1) is 0 Å². The molecule has 0 spiro atoms. The van der Waals surface area contributed by atoms with E-state index in [0.717, 1.165) is 11.3 Å². The summed E-state index contributed by atoms with van der Waals surface area (Å²) in [6, 6.07) is 11.2. The average molecular weight is 307 g/mol. The van der Waals surface area contributed by atoms with Crippen molar-refractivity contribution in [1.82, 2.24) is 4.98 Å². The number of amides is 1. The number of carbonyl (C=O) groups excluding carboxylic acids is 1. The molecule has 0 bridgehead atoms. The average Bonchev–Trinajstić information content (AvgIpc) is 2.44. The number of pyridine rings is 1. The number of anilines is 1. The molecule has 0 unspecified atom stereocenters. The van der Waals surface area contributed by atoms with E-state index in [2.05, 4.69) is 10.3 Å². The van der Waals surface area contributed by atoms with Crippen LogP contribution in [0.25, 0.3) is 0 Å². The summed E-state index contributed by atoms with van der Waals surface area (Å²) < 4.78 is 0. The van der Waals surface area contributed by atoms with Crippen molar-refractivity contribution in [2.75, 3.05) is 5.32 Å². The minimum absolute atomic E-state index is 0.0689. The van der Waals surface area contributed by atoms with Crippen LogP contribution < -0.4 is 5.32 Å². The van der Waals surface area contributed by atoms with E-state index in [9.17, 15) is 4.79 Å². The molecule has 0 aliphatic heterocycles. The lowest BCUT2D eigenvalue weighted by atomic mass is 10.2. The van der Waals surface area contributed by atoms with Crippen molar-refractivity contribution >= 4 is 35.0 Å². The van der Waals surface area contributed by atoms with Crippen molar-refractivity contribution in [2.45, 2.75) is 24.1 Å². The molecule has 1 aromatic carbocycles. The summed E-state index contributed by atoms with van der Waals surface area (Å²) in [7, 11) is 0. The van der Waals surface area contributed by atoms with E-state index in [0.29, 0.717) is 10.0 Å². The maximum atomic E-state index is 12.1. The molecule has 5 heteroatoms. The number of hydrogen-bond acceptors (Lipinski definition) is 3. The van der Waals surface area contributed by atoms with Gasteiger partial charge in [0.15, 0.2) is 0 Å². The van der Waals surface area contributed by atoms with E-state index < -0.39 is 0 Å². The predicted molar refractivity (Wildman–Crippen MR) is 84.4 cm³/mol. The molecular formula is C15H15ClN2OS. The molecule has 20 heavy (non-hydrogen) atoms. The van der Waals surface area contributed by atoms with Gasteiger partial charge >= 0.3 is 0 Å². The molecule has 2 aromatic rings. The lowest BCUT2D eigenvalue weighted by molar-refractivity contribution is -0.115. The molecular weight excluding hydrogens is 292 g/mol. The monoisotopic (exact) mass is 306 g/mol. The lowest BCUT2D eigenvalue weighted by Gasteiger charge is -2.12. The summed E-state index contributed by atoms with van der Waals surface area (Å²) >= 11 is 7.38. The van der Waals surface area contributed by atoms with Gasteiger partial charge in [0.25, 0.3) is 0 Å². The first-order valence-corrected chi connectivity index (χ1v) is 7.47. The fraction of sp³-hybridized carbons (Fsp3) is 0.200. The van der Waals surface area contributed by atoms with Crippen molar-refractivity contribution in [3.63, 3.8) is 0 Å². The van der Waals surface area contributed by atoms with E-state index >= 15 is 0 Å². The Morgan fingerprint density at radius 1 is 1.30 bits per heavy atom. The number of aryl methyl sites for hydroxylation is 1. The number of nitrogens with one attached hydrogen (secondary N) is 1. The first-order valence-electron chi connectivity index (χ1n) is 6.21. The van der Waals surface area contributed by atoms with E-state index in [1.54, 1.807) is 18.3 Å². The highest BCUT2D eigenvalue weighted by molar-refractivity contribution is 8.00. The standard InChI is InChI=1S/C15H15ClN2OS/c1-10-5-7-12(8-6-10)18-14(19)11(2)20-15-13(16)4-3-9-17-15/h3-9,11H,1-2H3,(H,18,19)/t11-/m1/s1. The third-order valence-corrected chi connectivity index (χ3v) is 4.23. The Labute approximate surface area is 127 Å². The Balaban J connectivity index is 1.99. The molecule has 0 aliphatic rings. The summed E-state index contributed by atoms with van der Waals surface area (Å²) in [6.45, 7) is 3.84. The molecule has 0 saturated heterocycles. The van der Waals surface area contributed by atoms with Gasteiger partial charge in [-0.2, -0.15) is 0 Å². The third-order valence-electron chi connectivity index (χ3n) is 2.70. The highest BCUT2D eigenvalue weighted by Crippen LogP contribution is 2.28. The van der Waals surface area contributed by atoms with Gasteiger partial charge in [0.1, 0.15) is 5.03 Å². The zero-order valence-electron chi connectivity index (χ0n) is 11.3. The minimum Gasteiger partial charge on any atom is -0.325 e. The van der Waals surface area contributed by atoms with Crippen LogP contribution in [0.4, 0.5) is 5.69 Å². The zero-order chi connectivity index (χ0) is 14.5. The van der Waals surface area contributed by atoms with E-state index in [1.165, 1.54) is 11.8 Å². The van der Waals surface area contributed by atoms with Crippen LogP contribution in [0.2, 0.25) is 5.02 Å². The van der Waals surface area contributed by atoms with Gasteiger partial charge in [0.2, 0.25) is 5.91 Å². The van der Waals surface area contributed by atoms with Gasteiger partial charge in [-0.1, -0.05) is 41.1 Å². The van der Waals surface area contributed by atoms with Gasteiger partial charge in [-0.3, -0.25) is 4.79 Å². The Bertz CT molecular complexity index is 601. The second-order valence-corrected chi connectivity index (χ2v) is 6.14. The number of rotatable bonds is 4. The quantitative estimate of drug-likeness (QED) is 0.862. The maximum Gasteiger partial charge on any atom is 0.237 e. The zero-order valence-corrected chi connectivity index (χ0v) is 12.8. The molecule has 1 atom stereocenters. The molecule has 3 nitrogen and oxygen atoms in total. The van der Waals surface area contributed by atoms with Gasteiger partial charge in [0.05, 0.1) is 10.3 Å². The largest absolute Gasteiger partial charge is 0.325 e. The Hall–Kier alpha value is -1.52. The second-order valence-electron chi connectivity index (χ2n) is 4.41. The Morgan fingerprint density at radius 2 is 2.00 bits per heavy atom. The molecule has 0 saturated carbocycles. The van der Waals surface area contributed by atoms with E-state index in [1.807, 2.05) is 38.1 Å². The summed E-state index contributed by atoms with van der Waals surface area (Å²) in [5.41, 5.74) is 1.95. The summed E-state index contributed by atoms with van der Waals surface area (Å²) in [5.74, 6) is -0.0689. The van der Waals surface area contributed by atoms with Gasteiger partial charge in [-0.05, 0) is 38.1 Å². The van der Waals surface area contributed by atoms with Crippen LogP contribution in [-0.4, -0.2) is 16.1 Å². The fourth-order valence-corrected chi connectivity index (χ4v) is 2.62. The van der Waals surface area contributed by atoms with E-state index in [-0.39, 0.29) is 11.2 Å². The molecule has 1 heterocycles. The molecule has 0 radical (unpaired) electrons. The predicted octanol–water partition coefficient (Wildman–Crippen LogP) is 4.16. The molecule has 1 N–H and O–H groups in total. The van der Waals surface area contributed by atoms with Crippen LogP contribution >= 0.6 is 23.4 Å². The van der Waals surface area contributed by atoms with Crippen LogP contribution in [-0.2, 0) is 4.79 Å². The van der Waals surface area contributed by atoms with Gasteiger partial charge in [-0.25, -0.2) is 4.98 Å². The van der Waals surface area contributed by atoms with Crippen molar-refractivity contribution in [1.29, 1.82) is 0 Å². The lowest BCUT2D eigenvalue weighted by Crippen LogP contribution is -2.22. The van der Waals surface area contributed by atoms with Crippen LogP contribution in [0.3, 0.4) is 0 Å². The molecule has 104 valence electrons. The minimum atomic E-state index is -0.274. The third kappa shape index (κ3) is 3.99. The SMILES string of the molecule is Cc1ccc(NC(=O)[C@@H](C)Sc2ncccc2Cl)cc1. The summed E-state index contributed by atoms with van der Waals surface area (Å²) in [6.07, 6.45) is 1.67. The van der Waals surface area contributed by atoms with E-state index in [4.69, 9.17) is 11.6 Å². The molecule has 1 aromatic heterocycles. The maximum absolute atomic E-state index is 12.1. The first kappa shape index (κ1) is 14.9. The van der Waals surface area contributed by atoms with Gasteiger partial charge in [0, 0.05) is 11.9 Å². The number of hydrogen-bond donors (Lipinski definition) is 1. The Kier molecular flexibility index (Phi) is 5.04. The molecule has 2 rings (SSSR count). The van der Waals surface area contributed by atoms with Crippen molar-refractivity contribution in [2.24, 2.45) is 0 Å². The highest BCUT2D eigenvalue weighted by atomic mass is 35.5.